The second-order valence-electron chi connectivity index (χ2n) is 4.86. The predicted octanol–water partition coefficient (Wildman–Crippen LogP) is 1.29. The van der Waals surface area contributed by atoms with Crippen LogP contribution in [-0.4, -0.2) is 36.3 Å². The first-order chi connectivity index (χ1) is 10.0. The lowest BCUT2D eigenvalue weighted by atomic mass is 10.0. The highest BCUT2D eigenvalue weighted by atomic mass is 19.1. The van der Waals surface area contributed by atoms with Gasteiger partial charge in [0.25, 0.3) is 0 Å². The van der Waals surface area contributed by atoms with Crippen molar-refractivity contribution in [2.75, 3.05) is 13.2 Å². The molecule has 1 aromatic carbocycles. The molecule has 2 amide bonds. The number of nitrogens with one attached hydrogen (secondary N) is 2. The molecule has 1 atom stereocenters. The maximum absolute atomic E-state index is 13.2. The Morgan fingerprint density at radius 2 is 2.24 bits per heavy atom. The number of ether oxygens (including phenoxy) is 1. The highest BCUT2D eigenvalue weighted by Crippen LogP contribution is 2.25. The number of halogens is 1. The van der Waals surface area contributed by atoms with Crippen LogP contribution in [0.5, 0.6) is 5.75 Å². The van der Waals surface area contributed by atoms with Gasteiger partial charge in [-0.2, -0.15) is 0 Å². The highest BCUT2D eigenvalue weighted by molar-refractivity contribution is 5.74. The summed E-state index contributed by atoms with van der Waals surface area (Å²) in [5.74, 6) is -0.594. The fraction of sp³-hybridized carbons (Fsp3) is 0.429. The maximum Gasteiger partial charge on any atom is 0.315 e. The standard InChI is InChI=1S/C14H17FN2O4/c15-10-3-4-12-9(6-10)7-11(8-21-12)17-14(20)16-5-1-2-13(18)19/h3-4,6,11H,1-2,5,7-8H2,(H,18,19)(H2,16,17,20). The van der Waals surface area contributed by atoms with Crippen molar-refractivity contribution in [1.82, 2.24) is 10.6 Å². The molecule has 1 aromatic rings. The fourth-order valence-corrected chi connectivity index (χ4v) is 2.13. The monoisotopic (exact) mass is 296 g/mol. The second kappa shape index (κ2) is 6.92. The summed E-state index contributed by atoms with van der Waals surface area (Å²) < 4.78 is 18.6. The summed E-state index contributed by atoms with van der Waals surface area (Å²) in [5, 5.41) is 13.8. The van der Waals surface area contributed by atoms with E-state index in [1.807, 2.05) is 0 Å². The van der Waals surface area contributed by atoms with Crippen LogP contribution in [0.4, 0.5) is 9.18 Å². The van der Waals surface area contributed by atoms with Gasteiger partial charge in [0.2, 0.25) is 0 Å². The van der Waals surface area contributed by atoms with Gasteiger partial charge in [0, 0.05) is 13.0 Å². The van der Waals surface area contributed by atoms with Crippen LogP contribution in [0.3, 0.4) is 0 Å². The molecule has 0 saturated heterocycles. The SMILES string of the molecule is O=C(O)CCCNC(=O)NC1COc2ccc(F)cc2C1. The molecule has 2 rings (SSSR count). The van der Waals surface area contributed by atoms with E-state index in [2.05, 4.69) is 10.6 Å². The van der Waals surface area contributed by atoms with Gasteiger partial charge in [-0.3, -0.25) is 4.79 Å². The summed E-state index contributed by atoms with van der Waals surface area (Å²) in [7, 11) is 0. The van der Waals surface area contributed by atoms with Gasteiger partial charge in [0.05, 0.1) is 6.04 Å². The Morgan fingerprint density at radius 1 is 1.43 bits per heavy atom. The molecule has 0 bridgehead atoms. The smallest absolute Gasteiger partial charge is 0.315 e. The van der Waals surface area contributed by atoms with Gasteiger partial charge in [-0.25, -0.2) is 9.18 Å². The van der Waals surface area contributed by atoms with E-state index < -0.39 is 5.97 Å². The van der Waals surface area contributed by atoms with Crippen molar-refractivity contribution in [3.05, 3.63) is 29.6 Å². The third-order valence-electron chi connectivity index (χ3n) is 3.12. The van der Waals surface area contributed by atoms with E-state index in [1.54, 1.807) is 6.07 Å². The average molecular weight is 296 g/mol. The van der Waals surface area contributed by atoms with Crippen LogP contribution in [0.25, 0.3) is 0 Å². The first-order valence-corrected chi connectivity index (χ1v) is 6.72. The van der Waals surface area contributed by atoms with Crippen molar-refractivity contribution >= 4 is 12.0 Å². The summed E-state index contributed by atoms with van der Waals surface area (Å²) in [6.45, 7) is 0.609. The number of fused-ring (bicyclic) bond motifs is 1. The fourth-order valence-electron chi connectivity index (χ4n) is 2.13. The maximum atomic E-state index is 13.2. The van der Waals surface area contributed by atoms with Gasteiger partial charge in [0.1, 0.15) is 18.2 Å². The molecule has 6 nitrogen and oxygen atoms in total. The van der Waals surface area contributed by atoms with E-state index in [0.717, 1.165) is 5.56 Å². The Bertz CT molecular complexity index is 536. The molecule has 1 aliphatic heterocycles. The number of carboxylic acids is 1. The van der Waals surface area contributed by atoms with E-state index in [9.17, 15) is 14.0 Å². The minimum Gasteiger partial charge on any atom is -0.491 e. The Hall–Kier alpha value is -2.31. The predicted molar refractivity (Wildman–Crippen MR) is 72.8 cm³/mol. The third kappa shape index (κ3) is 4.62. The van der Waals surface area contributed by atoms with Gasteiger partial charge in [-0.15, -0.1) is 0 Å². The lowest BCUT2D eigenvalue weighted by Gasteiger charge is -2.26. The van der Waals surface area contributed by atoms with Crippen LogP contribution >= 0.6 is 0 Å². The lowest BCUT2D eigenvalue weighted by molar-refractivity contribution is -0.137. The molecule has 0 spiro atoms. The number of rotatable bonds is 5. The Labute approximate surface area is 121 Å². The largest absolute Gasteiger partial charge is 0.491 e. The molecule has 1 heterocycles. The normalized spacial score (nSPS) is 16.5. The first-order valence-electron chi connectivity index (χ1n) is 6.72. The number of carboxylic acid groups (broad SMARTS) is 1. The van der Waals surface area contributed by atoms with Crippen molar-refractivity contribution in [2.45, 2.75) is 25.3 Å². The van der Waals surface area contributed by atoms with Gasteiger partial charge >= 0.3 is 12.0 Å². The molecular formula is C14H17FN2O4. The number of urea groups is 1. The van der Waals surface area contributed by atoms with Crippen molar-refractivity contribution in [1.29, 1.82) is 0 Å². The minimum absolute atomic E-state index is 0.0134. The number of hydrogen-bond donors (Lipinski definition) is 3. The number of amides is 2. The molecule has 1 unspecified atom stereocenters. The number of aliphatic carboxylic acids is 1. The molecule has 0 aliphatic carbocycles. The molecule has 0 saturated carbocycles. The van der Waals surface area contributed by atoms with Crippen molar-refractivity contribution < 1.29 is 23.8 Å². The van der Waals surface area contributed by atoms with Crippen LogP contribution in [-0.2, 0) is 11.2 Å². The topological polar surface area (TPSA) is 87.7 Å². The van der Waals surface area contributed by atoms with Crippen LogP contribution in [0, 0.1) is 5.82 Å². The van der Waals surface area contributed by atoms with Crippen LogP contribution < -0.4 is 15.4 Å². The van der Waals surface area contributed by atoms with Gasteiger partial charge in [-0.1, -0.05) is 0 Å². The van der Waals surface area contributed by atoms with E-state index in [0.29, 0.717) is 25.2 Å². The second-order valence-corrected chi connectivity index (χ2v) is 4.86. The van der Waals surface area contributed by atoms with E-state index >= 15 is 0 Å². The quantitative estimate of drug-likeness (QED) is 0.715. The first kappa shape index (κ1) is 15.1. The molecule has 7 heteroatoms. The van der Waals surface area contributed by atoms with E-state index in [1.165, 1.54) is 12.1 Å². The average Bonchev–Trinajstić information content (AvgIpc) is 2.43. The Kier molecular flexibility index (Phi) is 4.97. The molecule has 0 fully saturated rings. The molecule has 0 radical (unpaired) electrons. The minimum atomic E-state index is -0.892. The summed E-state index contributed by atoms with van der Waals surface area (Å²) in [5.41, 5.74) is 0.720. The zero-order valence-corrected chi connectivity index (χ0v) is 11.4. The molecule has 3 N–H and O–H groups in total. The van der Waals surface area contributed by atoms with E-state index in [-0.39, 0.29) is 30.9 Å². The van der Waals surface area contributed by atoms with Crippen LogP contribution in [0.1, 0.15) is 18.4 Å². The third-order valence-corrected chi connectivity index (χ3v) is 3.12. The van der Waals surface area contributed by atoms with Gasteiger partial charge < -0.3 is 20.5 Å². The molecule has 21 heavy (non-hydrogen) atoms. The summed E-state index contributed by atoms with van der Waals surface area (Å²) in [4.78, 5) is 22.0. The summed E-state index contributed by atoms with van der Waals surface area (Å²) in [6, 6.07) is 3.69. The van der Waals surface area contributed by atoms with Gasteiger partial charge in [-0.05, 0) is 36.6 Å². The summed E-state index contributed by atoms with van der Waals surface area (Å²) >= 11 is 0. The molecular weight excluding hydrogens is 279 g/mol. The van der Waals surface area contributed by atoms with Crippen molar-refractivity contribution in [3.8, 4) is 5.75 Å². The van der Waals surface area contributed by atoms with Crippen LogP contribution in [0.15, 0.2) is 18.2 Å². The van der Waals surface area contributed by atoms with Crippen LogP contribution in [0.2, 0.25) is 0 Å². The Balaban J connectivity index is 1.77. The zero-order valence-electron chi connectivity index (χ0n) is 11.4. The lowest BCUT2D eigenvalue weighted by Crippen LogP contribution is -2.47. The zero-order chi connectivity index (χ0) is 15.2. The molecule has 1 aliphatic rings. The number of hydrogen-bond acceptors (Lipinski definition) is 3. The van der Waals surface area contributed by atoms with Crippen molar-refractivity contribution in [3.63, 3.8) is 0 Å². The summed E-state index contributed by atoms with van der Waals surface area (Å²) in [6.07, 6.45) is 0.882. The number of benzene rings is 1. The van der Waals surface area contributed by atoms with Gasteiger partial charge in [0.15, 0.2) is 0 Å². The molecule has 0 aromatic heterocycles. The number of carbonyl (C=O) groups excluding carboxylic acids is 1. The van der Waals surface area contributed by atoms with Crippen molar-refractivity contribution in [2.24, 2.45) is 0 Å². The highest BCUT2D eigenvalue weighted by Gasteiger charge is 2.21. The number of carbonyl (C=O) groups is 2. The van der Waals surface area contributed by atoms with E-state index in [4.69, 9.17) is 9.84 Å². The molecule has 114 valence electrons. The Morgan fingerprint density at radius 3 is 3.00 bits per heavy atom.